The van der Waals surface area contributed by atoms with E-state index in [0.717, 1.165) is 23.5 Å². The molecule has 0 spiro atoms. The summed E-state index contributed by atoms with van der Waals surface area (Å²) in [5.74, 6) is 0.775. The van der Waals surface area contributed by atoms with Gasteiger partial charge in [-0.15, -0.1) is 0 Å². The van der Waals surface area contributed by atoms with Gasteiger partial charge >= 0.3 is 0 Å². The Morgan fingerprint density at radius 1 is 1.47 bits per heavy atom. The maximum Gasteiger partial charge on any atom is 0.126 e. The van der Waals surface area contributed by atoms with Gasteiger partial charge in [-0.3, -0.25) is 0 Å². The predicted octanol–water partition coefficient (Wildman–Crippen LogP) is 2.74. The summed E-state index contributed by atoms with van der Waals surface area (Å²) in [4.78, 5) is 2.37. The molecule has 1 aliphatic carbocycles. The topological polar surface area (TPSA) is 32.7 Å². The number of hydrogen-bond acceptors (Lipinski definition) is 3. The van der Waals surface area contributed by atoms with Crippen molar-refractivity contribution < 1.29 is 9.84 Å². The van der Waals surface area contributed by atoms with E-state index in [-0.39, 0.29) is 0 Å². The standard InChI is InChI=1S/C14H21NO2/c1-4-15(11-8-9-11)12-6-5-7-13(17-3)14(12)10(2)16/h5-7,10-11,16H,4,8-9H2,1-3H3. The predicted molar refractivity (Wildman–Crippen MR) is 69.7 cm³/mol. The Balaban J connectivity index is 2.43. The highest BCUT2D eigenvalue weighted by Gasteiger charge is 2.30. The maximum absolute atomic E-state index is 9.96. The highest BCUT2D eigenvalue weighted by molar-refractivity contribution is 5.61. The molecule has 3 heteroatoms. The fraction of sp³-hybridized carbons (Fsp3) is 0.571. The van der Waals surface area contributed by atoms with Crippen molar-refractivity contribution in [2.24, 2.45) is 0 Å². The van der Waals surface area contributed by atoms with E-state index >= 15 is 0 Å². The van der Waals surface area contributed by atoms with Crippen molar-refractivity contribution in [3.05, 3.63) is 23.8 Å². The second kappa shape index (κ2) is 4.96. The molecule has 2 rings (SSSR count). The third-order valence-electron chi connectivity index (χ3n) is 3.32. The normalized spacial score (nSPS) is 16.7. The van der Waals surface area contributed by atoms with Gasteiger partial charge in [-0.1, -0.05) is 6.07 Å². The van der Waals surface area contributed by atoms with E-state index in [2.05, 4.69) is 17.9 Å². The second-order valence-corrected chi connectivity index (χ2v) is 4.59. The number of benzene rings is 1. The lowest BCUT2D eigenvalue weighted by Crippen LogP contribution is -2.26. The Kier molecular flexibility index (Phi) is 3.57. The van der Waals surface area contributed by atoms with E-state index < -0.39 is 6.10 Å². The van der Waals surface area contributed by atoms with Gasteiger partial charge in [-0.05, 0) is 38.8 Å². The van der Waals surface area contributed by atoms with Crippen LogP contribution in [0.3, 0.4) is 0 Å². The first kappa shape index (κ1) is 12.2. The minimum absolute atomic E-state index is 0.506. The lowest BCUT2D eigenvalue weighted by molar-refractivity contribution is 0.194. The van der Waals surface area contributed by atoms with Gasteiger partial charge in [0, 0.05) is 23.8 Å². The molecule has 0 aliphatic heterocycles. The van der Waals surface area contributed by atoms with Crippen LogP contribution in [0.2, 0.25) is 0 Å². The summed E-state index contributed by atoms with van der Waals surface area (Å²) in [5, 5.41) is 9.96. The molecule has 1 saturated carbocycles. The van der Waals surface area contributed by atoms with Crippen LogP contribution in [0.4, 0.5) is 5.69 Å². The van der Waals surface area contributed by atoms with E-state index in [9.17, 15) is 5.11 Å². The summed E-state index contributed by atoms with van der Waals surface area (Å²) in [6, 6.07) is 6.62. The van der Waals surface area contributed by atoms with E-state index in [4.69, 9.17) is 4.74 Å². The van der Waals surface area contributed by atoms with Gasteiger partial charge in [-0.2, -0.15) is 0 Å². The maximum atomic E-state index is 9.96. The van der Waals surface area contributed by atoms with E-state index in [1.54, 1.807) is 14.0 Å². The zero-order valence-corrected chi connectivity index (χ0v) is 10.8. The Hall–Kier alpha value is -1.22. The van der Waals surface area contributed by atoms with Gasteiger partial charge < -0.3 is 14.7 Å². The highest BCUT2D eigenvalue weighted by atomic mass is 16.5. The zero-order valence-electron chi connectivity index (χ0n) is 10.8. The molecule has 1 aromatic carbocycles. The molecule has 0 bridgehead atoms. The molecular formula is C14H21NO2. The molecular weight excluding hydrogens is 214 g/mol. The van der Waals surface area contributed by atoms with Gasteiger partial charge in [0.1, 0.15) is 5.75 Å². The third-order valence-corrected chi connectivity index (χ3v) is 3.32. The fourth-order valence-electron chi connectivity index (χ4n) is 2.39. The molecule has 1 aromatic rings. The smallest absolute Gasteiger partial charge is 0.126 e. The summed E-state index contributed by atoms with van der Waals surface area (Å²) in [6.07, 6.45) is 2.00. The molecule has 17 heavy (non-hydrogen) atoms. The van der Waals surface area contributed by atoms with Crippen molar-refractivity contribution in [2.45, 2.75) is 38.8 Å². The molecule has 0 heterocycles. The number of ether oxygens (including phenoxy) is 1. The van der Waals surface area contributed by atoms with Gasteiger partial charge in [0.2, 0.25) is 0 Å². The summed E-state index contributed by atoms with van der Waals surface area (Å²) in [6.45, 7) is 4.92. The first-order valence-corrected chi connectivity index (χ1v) is 6.30. The number of rotatable bonds is 5. The molecule has 94 valence electrons. The van der Waals surface area contributed by atoms with Crippen LogP contribution >= 0.6 is 0 Å². The van der Waals surface area contributed by atoms with Gasteiger partial charge in [0.15, 0.2) is 0 Å². The van der Waals surface area contributed by atoms with Crippen LogP contribution < -0.4 is 9.64 Å². The first-order chi connectivity index (χ1) is 8.19. The SMILES string of the molecule is CCN(c1cccc(OC)c1C(C)O)C1CC1. The Morgan fingerprint density at radius 3 is 2.65 bits per heavy atom. The second-order valence-electron chi connectivity index (χ2n) is 4.59. The summed E-state index contributed by atoms with van der Waals surface area (Å²) in [7, 11) is 1.65. The van der Waals surface area contributed by atoms with Crippen LogP contribution in [0.5, 0.6) is 5.75 Å². The van der Waals surface area contributed by atoms with Crippen molar-refractivity contribution in [2.75, 3.05) is 18.6 Å². The Morgan fingerprint density at radius 2 is 2.18 bits per heavy atom. The quantitative estimate of drug-likeness (QED) is 0.851. The van der Waals surface area contributed by atoms with Crippen LogP contribution in [0.15, 0.2) is 18.2 Å². The van der Waals surface area contributed by atoms with Crippen LogP contribution in [-0.2, 0) is 0 Å². The molecule has 0 aromatic heterocycles. The largest absolute Gasteiger partial charge is 0.496 e. The average Bonchev–Trinajstić information content (AvgIpc) is 3.13. The first-order valence-electron chi connectivity index (χ1n) is 6.30. The summed E-state index contributed by atoms with van der Waals surface area (Å²) in [5.41, 5.74) is 2.02. The van der Waals surface area contributed by atoms with Gasteiger partial charge in [0.25, 0.3) is 0 Å². The lowest BCUT2D eigenvalue weighted by Gasteiger charge is -2.27. The molecule has 1 atom stereocenters. The monoisotopic (exact) mass is 235 g/mol. The lowest BCUT2D eigenvalue weighted by atomic mass is 10.1. The Labute approximate surface area is 103 Å². The number of methoxy groups -OCH3 is 1. The van der Waals surface area contributed by atoms with Crippen molar-refractivity contribution in [3.8, 4) is 5.75 Å². The Bertz CT molecular complexity index is 386. The number of aliphatic hydroxyl groups excluding tert-OH is 1. The van der Waals surface area contributed by atoms with Crippen LogP contribution in [0.25, 0.3) is 0 Å². The van der Waals surface area contributed by atoms with Crippen molar-refractivity contribution in [1.29, 1.82) is 0 Å². The molecule has 0 saturated heterocycles. The van der Waals surface area contributed by atoms with Crippen molar-refractivity contribution >= 4 is 5.69 Å². The van der Waals surface area contributed by atoms with E-state index in [0.29, 0.717) is 6.04 Å². The van der Waals surface area contributed by atoms with Crippen molar-refractivity contribution in [1.82, 2.24) is 0 Å². The van der Waals surface area contributed by atoms with E-state index in [1.165, 1.54) is 12.8 Å². The highest BCUT2D eigenvalue weighted by Crippen LogP contribution is 2.39. The number of nitrogens with zero attached hydrogens (tertiary/aromatic N) is 1. The molecule has 0 radical (unpaired) electrons. The number of hydrogen-bond donors (Lipinski definition) is 1. The van der Waals surface area contributed by atoms with Crippen molar-refractivity contribution in [3.63, 3.8) is 0 Å². The molecule has 1 aliphatic rings. The summed E-state index contributed by atoms with van der Waals surface area (Å²) < 4.78 is 5.36. The zero-order chi connectivity index (χ0) is 12.4. The van der Waals surface area contributed by atoms with Crippen LogP contribution in [0, 0.1) is 0 Å². The molecule has 1 N–H and O–H groups in total. The molecule has 1 fully saturated rings. The minimum atomic E-state index is -0.506. The molecule has 0 amide bonds. The minimum Gasteiger partial charge on any atom is -0.496 e. The molecule has 3 nitrogen and oxygen atoms in total. The summed E-state index contributed by atoms with van der Waals surface area (Å²) >= 11 is 0. The fourth-order valence-corrected chi connectivity index (χ4v) is 2.39. The van der Waals surface area contributed by atoms with E-state index in [1.807, 2.05) is 12.1 Å². The number of aliphatic hydroxyl groups is 1. The van der Waals surface area contributed by atoms with Gasteiger partial charge in [0.05, 0.1) is 13.2 Å². The third kappa shape index (κ3) is 2.39. The number of anilines is 1. The van der Waals surface area contributed by atoms with Crippen LogP contribution in [-0.4, -0.2) is 24.8 Å². The van der Waals surface area contributed by atoms with Crippen LogP contribution in [0.1, 0.15) is 38.4 Å². The molecule has 1 unspecified atom stereocenters. The average molecular weight is 235 g/mol. The van der Waals surface area contributed by atoms with Gasteiger partial charge in [-0.25, -0.2) is 0 Å².